The molecule has 0 aliphatic heterocycles. The number of carboxylic acids is 1. The number of aliphatic hydroxyl groups excluding tert-OH is 2. The zero-order valence-corrected chi connectivity index (χ0v) is 16.8. The van der Waals surface area contributed by atoms with E-state index in [1.807, 2.05) is 0 Å². The van der Waals surface area contributed by atoms with Gasteiger partial charge in [-0.05, 0) is 20.8 Å². The SMILES string of the molecule is CC(N)C(=O)NC(Cc1cnc[nH]1)C(=O)NC(C(=O)NC(C(=O)O)C(C)O)C(C)O. The molecule has 0 saturated carbocycles. The van der Waals surface area contributed by atoms with E-state index in [4.69, 9.17) is 10.8 Å². The van der Waals surface area contributed by atoms with Crippen LogP contribution in [0.2, 0.25) is 0 Å². The van der Waals surface area contributed by atoms with Crippen LogP contribution in [0.15, 0.2) is 12.5 Å². The standard InChI is InChI=1S/C17H28N6O7/c1-7(18)14(26)21-11(4-10-5-19-6-20-10)15(27)22-12(8(2)24)16(28)23-13(9(3)25)17(29)30/h5-9,11-13,24-25H,4,18H2,1-3H3,(H,19,20)(H,21,26)(H,22,27)(H,23,28)(H,29,30). The van der Waals surface area contributed by atoms with Gasteiger partial charge in [0.1, 0.15) is 12.1 Å². The number of carbonyl (C=O) groups excluding carboxylic acids is 3. The minimum absolute atomic E-state index is 0.0101. The topological polar surface area (TPSA) is 220 Å². The molecule has 6 unspecified atom stereocenters. The predicted molar refractivity (Wildman–Crippen MR) is 103 cm³/mol. The van der Waals surface area contributed by atoms with E-state index in [9.17, 15) is 29.4 Å². The molecule has 0 aliphatic rings. The van der Waals surface area contributed by atoms with E-state index in [1.165, 1.54) is 33.3 Å². The van der Waals surface area contributed by atoms with Crippen LogP contribution >= 0.6 is 0 Å². The largest absolute Gasteiger partial charge is 0.480 e. The van der Waals surface area contributed by atoms with Gasteiger partial charge in [0.05, 0.1) is 24.6 Å². The van der Waals surface area contributed by atoms with Crippen molar-refractivity contribution in [2.24, 2.45) is 5.73 Å². The summed E-state index contributed by atoms with van der Waals surface area (Å²) in [6.45, 7) is 3.81. The lowest BCUT2D eigenvalue weighted by Crippen LogP contribution is -2.61. The van der Waals surface area contributed by atoms with Crippen LogP contribution in [0.5, 0.6) is 0 Å². The molecule has 6 atom stereocenters. The summed E-state index contributed by atoms with van der Waals surface area (Å²) in [5, 5.41) is 35.3. The van der Waals surface area contributed by atoms with Crippen LogP contribution in [-0.4, -0.2) is 85.4 Å². The van der Waals surface area contributed by atoms with Crippen molar-refractivity contribution in [1.82, 2.24) is 25.9 Å². The number of carboxylic acid groups (broad SMARTS) is 1. The van der Waals surface area contributed by atoms with Crippen LogP contribution in [0, 0.1) is 0 Å². The van der Waals surface area contributed by atoms with Gasteiger partial charge < -0.3 is 42.0 Å². The molecule has 0 fully saturated rings. The highest BCUT2D eigenvalue weighted by molar-refractivity contribution is 5.94. The number of aliphatic carboxylic acids is 1. The van der Waals surface area contributed by atoms with Crippen molar-refractivity contribution in [3.05, 3.63) is 18.2 Å². The zero-order chi connectivity index (χ0) is 23.0. The summed E-state index contributed by atoms with van der Waals surface area (Å²) < 4.78 is 0. The molecule has 0 bridgehead atoms. The van der Waals surface area contributed by atoms with E-state index in [1.54, 1.807) is 0 Å². The van der Waals surface area contributed by atoms with Crippen molar-refractivity contribution >= 4 is 23.7 Å². The zero-order valence-electron chi connectivity index (χ0n) is 16.8. The maximum atomic E-state index is 12.7. The maximum Gasteiger partial charge on any atom is 0.328 e. The minimum atomic E-state index is -1.64. The van der Waals surface area contributed by atoms with Crippen molar-refractivity contribution in [1.29, 1.82) is 0 Å². The number of aliphatic hydroxyl groups is 2. The average Bonchev–Trinajstić information content (AvgIpc) is 3.15. The Morgan fingerprint density at radius 2 is 1.57 bits per heavy atom. The van der Waals surface area contributed by atoms with Crippen LogP contribution in [0.3, 0.4) is 0 Å². The third-order valence-corrected chi connectivity index (χ3v) is 4.13. The fraction of sp³-hybridized carbons (Fsp3) is 0.588. The highest BCUT2D eigenvalue weighted by atomic mass is 16.4. The monoisotopic (exact) mass is 428 g/mol. The Morgan fingerprint density at radius 3 is 2.00 bits per heavy atom. The van der Waals surface area contributed by atoms with Crippen molar-refractivity contribution in [2.75, 3.05) is 0 Å². The van der Waals surface area contributed by atoms with Crippen LogP contribution in [0.1, 0.15) is 26.5 Å². The van der Waals surface area contributed by atoms with Crippen LogP contribution < -0.4 is 21.7 Å². The van der Waals surface area contributed by atoms with E-state index >= 15 is 0 Å². The fourth-order valence-electron chi connectivity index (χ4n) is 2.42. The first-order chi connectivity index (χ1) is 13.9. The molecular weight excluding hydrogens is 400 g/mol. The molecule has 13 nitrogen and oxygen atoms in total. The molecule has 9 N–H and O–H groups in total. The van der Waals surface area contributed by atoms with Gasteiger partial charge in [-0.1, -0.05) is 0 Å². The van der Waals surface area contributed by atoms with E-state index in [0.29, 0.717) is 5.69 Å². The number of nitrogens with two attached hydrogens (primary N) is 1. The third kappa shape index (κ3) is 7.42. The van der Waals surface area contributed by atoms with Gasteiger partial charge >= 0.3 is 5.97 Å². The lowest BCUT2D eigenvalue weighted by Gasteiger charge is -2.26. The van der Waals surface area contributed by atoms with E-state index < -0.39 is 60.1 Å². The molecule has 1 rings (SSSR count). The molecule has 1 aromatic rings. The van der Waals surface area contributed by atoms with Gasteiger partial charge in [0.15, 0.2) is 6.04 Å². The van der Waals surface area contributed by atoms with Gasteiger partial charge in [-0.2, -0.15) is 0 Å². The summed E-state index contributed by atoms with van der Waals surface area (Å²) >= 11 is 0. The van der Waals surface area contributed by atoms with Crippen molar-refractivity contribution in [3.8, 4) is 0 Å². The van der Waals surface area contributed by atoms with E-state index in [0.717, 1.165) is 0 Å². The number of hydrogen-bond acceptors (Lipinski definition) is 8. The van der Waals surface area contributed by atoms with Gasteiger partial charge in [0, 0.05) is 18.3 Å². The van der Waals surface area contributed by atoms with Crippen molar-refractivity contribution < 1.29 is 34.5 Å². The summed E-state index contributed by atoms with van der Waals surface area (Å²) in [5.74, 6) is -3.95. The van der Waals surface area contributed by atoms with Crippen molar-refractivity contribution in [2.45, 2.75) is 63.6 Å². The number of rotatable bonds is 11. The minimum Gasteiger partial charge on any atom is -0.480 e. The number of nitrogens with zero attached hydrogens (tertiary/aromatic N) is 1. The van der Waals surface area contributed by atoms with Crippen LogP contribution in [0.25, 0.3) is 0 Å². The maximum absolute atomic E-state index is 12.7. The summed E-state index contributed by atoms with van der Waals surface area (Å²) in [6.07, 6.45) is -0.0166. The first-order valence-electron chi connectivity index (χ1n) is 9.16. The molecule has 1 heterocycles. The highest BCUT2D eigenvalue weighted by Crippen LogP contribution is 2.03. The van der Waals surface area contributed by atoms with E-state index in [2.05, 4.69) is 25.9 Å². The lowest BCUT2D eigenvalue weighted by atomic mass is 10.1. The molecule has 30 heavy (non-hydrogen) atoms. The Balaban J connectivity index is 2.98. The quantitative estimate of drug-likeness (QED) is 0.176. The molecule has 0 aliphatic carbocycles. The van der Waals surface area contributed by atoms with Gasteiger partial charge in [-0.25, -0.2) is 9.78 Å². The Hall–Kier alpha value is -3.03. The summed E-state index contributed by atoms with van der Waals surface area (Å²) in [4.78, 5) is 54.9. The van der Waals surface area contributed by atoms with Gasteiger partial charge in [-0.15, -0.1) is 0 Å². The molecular formula is C17H28N6O7. The number of carbonyl (C=O) groups is 4. The Kier molecular flexibility index (Phi) is 9.36. The average molecular weight is 428 g/mol. The van der Waals surface area contributed by atoms with E-state index in [-0.39, 0.29) is 6.42 Å². The van der Waals surface area contributed by atoms with Crippen LogP contribution in [-0.2, 0) is 25.6 Å². The number of hydrogen-bond donors (Lipinski definition) is 8. The number of imidazole rings is 1. The second kappa shape index (κ2) is 11.2. The molecule has 3 amide bonds. The van der Waals surface area contributed by atoms with Gasteiger partial charge in [0.2, 0.25) is 17.7 Å². The summed E-state index contributed by atoms with van der Waals surface area (Å²) in [7, 11) is 0. The number of aromatic amines is 1. The Labute approximate surface area is 172 Å². The Bertz CT molecular complexity index is 735. The molecule has 168 valence electrons. The third-order valence-electron chi connectivity index (χ3n) is 4.13. The smallest absolute Gasteiger partial charge is 0.328 e. The second-order valence-corrected chi connectivity index (χ2v) is 6.92. The molecule has 0 radical (unpaired) electrons. The Morgan fingerprint density at radius 1 is 1.00 bits per heavy atom. The number of nitrogens with one attached hydrogen (secondary N) is 4. The first kappa shape index (κ1) is 25.0. The molecule has 1 aromatic heterocycles. The number of aromatic nitrogens is 2. The summed E-state index contributed by atoms with van der Waals surface area (Å²) in [5.41, 5.74) is 6.03. The van der Waals surface area contributed by atoms with Crippen molar-refractivity contribution in [3.63, 3.8) is 0 Å². The first-order valence-corrected chi connectivity index (χ1v) is 9.16. The fourth-order valence-corrected chi connectivity index (χ4v) is 2.42. The summed E-state index contributed by atoms with van der Waals surface area (Å²) in [6, 6.07) is -5.26. The highest BCUT2D eigenvalue weighted by Gasteiger charge is 2.34. The molecule has 0 spiro atoms. The predicted octanol–water partition coefficient (Wildman–Crippen LogP) is -3.40. The molecule has 13 heteroatoms. The van der Waals surface area contributed by atoms with Gasteiger partial charge in [0.25, 0.3) is 0 Å². The van der Waals surface area contributed by atoms with Gasteiger partial charge in [-0.3, -0.25) is 14.4 Å². The lowest BCUT2D eigenvalue weighted by molar-refractivity contribution is -0.146. The molecule has 0 aromatic carbocycles. The number of amides is 3. The number of H-pyrrole nitrogens is 1. The molecule has 0 saturated heterocycles. The second-order valence-electron chi connectivity index (χ2n) is 6.92. The van der Waals surface area contributed by atoms with Crippen LogP contribution in [0.4, 0.5) is 0 Å². The normalized spacial score (nSPS) is 17.0.